The van der Waals surface area contributed by atoms with Crippen molar-refractivity contribution in [3.8, 4) is 0 Å². The lowest BCUT2D eigenvalue weighted by atomic mass is 10.2. The van der Waals surface area contributed by atoms with Crippen LogP contribution >= 0.6 is 11.6 Å². The molecule has 0 aliphatic rings. The standard InChI is InChI=1S/C15H18ClNO3/c1-11(2)9-17-14(18)10-20-15(19)8-5-12-3-6-13(16)7-4-12/h3-8,11H,9-10H2,1-2H3,(H,17,18)/b8-5+. The zero-order chi connectivity index (χ0) is 15.0. The van der Waals surface area contributed by atoms with Gasteiger partial charge < -0.3 is 10.1 Å². The minimum absolute atomic E-state index is 0.267. The summed E-state index contributed by atoms with van der Waals surface area (Å²) in [5.41, 5.74) is 0.829. The third kappa shape index (κ3) is 6.95. The van der Waals surface area contributed by atoms with Crippen LogP contribution in [0.5, 0.6) is 0 Å². The highest BCUT2D eigenvalue weighted by molar-refractivity contribution is 6.30. The largest absolute Gasteiger partial charge is 0.452 e. The van der Waals surface area contributed by atoms with Crippen LogP contribution in [0, 0.1) is 5.92 Å². The van der Waals surface area contributed by atoms with Crippen molar-refractivity contribution in [2.24, 2.45) is 5.92 Å². The van der Waals surface area contributed by atoms with E-state index < -0.39 is 5.97 Å². The van der Waals surface area contributed by atoms with E-state index in [0.717, 1.165) is 5.56 Å². The van der Waals surface area contributed by atoms with Gasteiger partial charge in [-0.2, -0.15) is 0 Å². The molecule has 0 radical (unpaired) electrons. The predicted octanol–water partition coefficient (Wildman–Crippen LogP) is 2.67. The fourth-order valence-corrected chi connectivity index (χ4v) is 1.42. The first kappa shape index (κ1) is 16.2. The van der Waals surface area contributed by atoms with Gasteiger partial charge in [0.25, 0.3) is 5.91 Å². The van der Waals surface area contributed by atoms with Gasteiger partial charge in [-0.15, -0.1) is 0 Å². The topological polar surface area (TPSA) is 55.4 Å². The maximum absolute atomic E-state index is 11.4. The highest BCUT2D eigenvalue weighted by Crippen LogP contribution is 2.10. The second-order valence-electron chi connectivity index (χ2n) is 4.69. The summed E-state index contributed by atoms with van der Waals surface area (Å²) in [4.78, 5) is 22.7. The van der Waals surface area contributed by atoms with Gasteiger partial charge in [-0.25, -0.2) is 4.79 Å². The molecule has 0 unspecified atom stereocenters. The quantitative estimate of drug-likeness (QED) is 0.648. The van der Waals surface area contributed by atoms with Crippen LogP contribution in [-0.2, 0) is 14.3 Å². The summed E-state index contributed by atoms with van der Waals surface area (Å²) < 4.78 is 4.82. The number of benzene rings is 1. The van der Waals surface area contributed by atoms with Crippen LogP contribution in [-0.4, -0.2) is 25.0 Å². The van der Waals surface area contributed by atoms with Gasteiger partial charge in [0.1, 0.15) is 0 Å². The molecule has 0 aliphatic carbocycles. The molecule has 1 aromatic carbocycles. The van der Waals surface area contributed by atoms with Gasteiger partial charge in [0.2, 0.25) is 0 Å². The summed E-state index contributed by atoms with van der Waals surface area (Å²) in [6.07, 6.45) is 2.88. The zero-order valence-electron chi connectivity index (χ0n) is 11.6. The Kier molecular flexibility index (Phi) is 6.81. The predicted molar refractivity (Wildman–Crippen MR) is 79.3 cm³/mol. The molecule has 5 heteroatoms. The van der Waals surface area contributed by atoms with E-state index in [1.807, 2.05) is 13.8 Å². The van der Waals surface area contributed by atoms with Crippen molar-refractivity contribution in [3.05, 3.63) is 40.9 Å². The molecule has 4 nitrogen and oxygen atoms in total. The smallest absolute Gasteiger partial charge is 0.331 e. The minimum Gasteiger partial charge on any atom is -0.452 e. The van der Waals surface area contributed by atoms with E-state index in [1.165, 1.54) is 6.08 Å². The highest BCUT2D eigenvalue weighted by Gasteiger charge is 2.05. The van der Waals surface area contributed by atoms with Gasteiger partial charge in [-0.1, -0.05) is 37.6 Å². The molecule has 1 rings (SSSR count). The average molecular weight is 296 g/mol. The molecule has 0 saturated heterocycles. The monoisotopic (exact) mass is 295 g/mol. The molecule has 1 amide bonds. The molecular formula is C15H18ClNO3. The minimum atomic E-state index is -0.556. The maximum Gasteiger partial charge on any atom is 0.331 e. The number of amides is 1. The van der Waals surface area contributed by atoms with E-state index in [0.29, 0.717) is 17.5 Å². The number of ether oxygens (including phenoxy) is 1. The molecule has 1 aromatic rings. The molecule has 0 spiro atoms. The molecule has 0 saturated carbocycles. The molecule has 0 bridgehead atoms. The summed E-state index contributed by atoms with van der Waals surface area (Å²) in [7, 11) is 0. The number of nitrogens with one attached hydrogen (secondary N) is 1. The molecule has 108 valence electrons. The van der Waals surface area contributed by atoms with Crippen molar-refractivity contribution < 1.29 is 14.3 Å². The number of carbonyl (C=O) groups excluding carboxylic acids is 2. The second kappa shape index (κ2) is 8.38. The molecule has 0 fully saturated rings. The van der Waals surface area contributed by atoms with E-state index in [9.17, 15) is 9.59 Å². The summed E-state index contributed by atoms with van der Waals surface area (Å²) in [5.74, 6) is -0.494. The Labute approximate surface area is 123 Å². The van der Waals surface area contributed by atoms with Crippen LogP contribution in [0.15, 0.2) is 30.3 Å². The van der Waals surface area contributed by atoms with Gasteiger partial charge >= 0.3 is 5.97 Å². The van der Waals surface area contributed by atoms with Gasteiger partial charge in [0.05, 0.1) is 0 Å². The Bertz CT molecular complexity index is 480. The zero-order valence-corrected chi connectivity index (χ0v) is 12.3. The van der Waals surface area contributed by atoms with Crippen molar-refractivity contribution in [3.63, 3.8) is 0 Å². The first-order valence-corrected chi connectivity index (χ1v) is 6.72. The lowest BCUT2D eigenvalue weighted by molar-refractivity contribution is -0.143. The molecule has 0 aromatic heterocycles. The lowest BCUT2D eigenvalue weighted by Crippen LogP contribution is -2.31. The first-order valence-electron chi connectivity index (χ1n) is 6.34. The van der Waals surface area contributed by atoms with E-state index in [1.54, 1.807) is 30.3 Å². The normalized spacial score (nSPS) is 10.8. The summed E-state index contributed by atoms with van der Waals surface area (Å²) in [5, 5.41) is 3.29. The van der Waals surface area contributed by atoms with Crippen LogP contribution < -0.4 is 5.32 Å². The molecule has 0 aliphatic heterocycles. The van der Waals surface area contributed by atoms with Crippen molar-refractivity contribution >= 4 is 29.6 Å². The van der Waals surface area contributed by atoms with Crippen LogP contribution in [0.4, 0.5) is 0 Å². The van der Waals surface area contributed by atoms with Crippen molar-refractivity contribution in [2.45, 2.75) is 13.8 Å². The Morgan fingerprint density at radius 3 is 2.55 bits per heavy atom. The Balaban J connectivity index is 2.33. The highest BCUT2D eigenvalue weighted by atomic mass is 35.5. The number of esters is 1. The van der Waals surface area contributed by atoms with Crippen LogP contribution in [0.25, 0.3) is 6.08 Å². The van der Waals surface area contributed by atoms with Crippen LogP contribution in [0.3, 0.4) is 0 Å². The molecule has 0 heterocycles. The number of halogens is 1. The van der Waals surface area contributed by atoms with E-state index in [-0.39, 0.29) is 12.5 Å². The third-order valence-corrected chi connectivity index (χ3v) is 2.59. The summed E-state index contributed by atoms with van der Waals surface area (Å²) >= 11 is 5.75. The average Bonchev–Trinajstić information content (AvgIpc) is 2.42. The lowest BCUT2D eigenvalue weighted by Gasteiger charge is -2.07. The number of carbonyl (C=O) groups is 2. The molecule has 1 N–H and O–H groups in total. The molecule has 0 atom stereocenters. The van der Waals surface area contributed by atoms with Crippen LogP contribution in [0.2, 0.25) is 5.02 Å². The van der Waals surface area contributed by atoms with Crippen molar-refractivity contribution in [2.75, 3.05) is 13.2 Å². The van der Waals surface area contributed by atoms with Gasteiger partial charge in [0.15, 0.2) is 6.61 Å². The SMILES string of the molecule is CC(C)CNC(=O)COC(=O)/C=C/c1ccc(Cl)cc1. The van der Waals surface area contributed by atoms with Gasteiger partial charge in [0, 0.05) is 17.6 Å². The maximum atomic E-state index is 11.4. The van der Waals surface area contributed by atoms with Gasteiger partial charge in [-0.3, -0.25) is 4.79 Å². The number of rotatable bonds is 6. The Morgan fingerprint density at radius 2 is 1.95 bits per heavy atom. The molecular weight excluding hydrogens is 278 g/mol. The van der Waals surface area contributed by atoms with Crippen molar-refractivity contribution in [1.82, 2.24) is 5.32 Å². The van der Waals surface area contributed by atoms with Crippen molar-refractivity contribution in [1.29, 1.82) is 0 Å². The van der Waals surface area contributed by atoms with Gasteiger partial charge in [-0.05, 0) is 29.7 Å². The Hall–Kier alpha value is -1.81. The fourth-order valence-electron chi connectivity index (χ4n) is 1.29. The number of hydrogen-bond donors (Lipinski definition) is 1. The third-order valence-electron chi connectivity index (χ3n) is 2.33. The fraction of sp³-hybridized carbons (Fsp3) is 0.333. The van der Waals surface area contributed by atoms with E-state index in [4.69, 9.17) is 16.3 Å². The number of hydrogen-bond acceptors (Lipinski definition) is 3. The summed E-state index contributed by atoms with van der Waals surface area (Å²) in [6, 6.07) is 7.01. The molecule has 20 heavy (non-hydrogen) atoms. The van der Waals surface area contributed by atoms with E-state index in [2.05, 4.69) is 5.32 Å². The first-order chi connectivity index (χ1) is 9.47. The second-order valence-corrected chi connectivity index (χ2v) is 5.13. The van der Waals surface area contributed by atoms with Crippen LogP contribution in [0.1, 0.15) is 19.4 Å². The summed E-state index contributed by atoms with van der Waals surface area (Å²) in [6.45, 7) is 4.27. The Morgan fingerprint density at radius 1 is 1.30 bits per heavy atom. The van der Waals surface area contributed by atoms with E-state index >= 15 is 0 Å².